The lowest BCUT2D eigenvalue weighted by Crippen LogP contribution is -2.14. The Balaban J connectivity index is 1.91. The van der Waals surface area contributed by atoms with Crippen LogP contribution < -0.4 is 15.8 Å². The fourth-order valence-electron chi connectivity index (χ4n) is 2.01. The summed E-state index contributed by atoms with van der Waals surface area (Å²) in [6.07, 6.45) is 0. The first-order valence-electron chi connectivity index (χ1n) is 6.42. The van der Waals surface area contributed by atoms with Crippen molar-refractivity contribution in [3.8, 4) is 17.0 Å². The molecule has 0 aliphatic rings. The molecule has 0 aliphatic heterocycles. The molecule has 112 valence electrons. The molecule has 0 unspecified atom stereocenters. The van der Waals surface area contributed by atoms with Gasteiger partial charge in [0.1, 0.15) is 17.0 Å². The number of aromatic nitrogens is 1. The zero-order valence-corrected chi connectivity index (χ0v) is 12.5. The van der Waals surface area contributed by atoms with E-state index in [4.69, 9.17) is 15.0 Å². The van der Waals surface area contributed by atoms with Crippen molar-refractivity contribution in [1.82, 2.24) is 5.16 Å². The molecule has 3 rings (SSSR count). The standard InChI is InChI=1S/C15H13N3O3S/c1-20-11-4-2-3-10(7-11)17-15(19)12-13(18-21-14(12)16)9-5-6-22-8-9/h2-8H,16H2,1H3,(H,17,19). The first-order valence-corrected chi connectivity index (χ1v) is 7.36. The van der Waals surface area contributed by atoms with Crippen molar-refractivity contribution in [3.05, 3.63) is 46.7 Å². The number of ether oxygens (including phenoxy) is 1. The maximum Gasteiger partial charge on any atom is 0.263 e. The minimum atomic E-state index is -0.381. The predicted octanol–water partition coefficient (Wildman–Crippen LogP) is 3.25. The van der Waals surface area contributed by atoms with Crippen molar-refractivity contribution in [2.75, 3.05) is 18.2 Å². The van der Waals surface area contributed by atoms with Crippen LogP contribution in [0.2, 0.25) is 0 Å². The van der Waals surface area contributed by atoms with E-state index in [0.717, 1.165) is 5.56 Å². The first-order chi connectivity index (χ1) is 10.7. The lowest BCUT2D eigenvalue weighted by atomic mass is 10.1. The molecule has 1 aromatic carbocycles. The second-order valence-corrected chi connectivity index (χ2v) is 5.25. The molecule has 3 aromatic rings. The number of nitrogens with two attached hydrogens (primary N) is 1. The van der Waals surface area contributed by atoms with E-state index in [2.05, 4.69) is 10.5 Å². The van der Waals surface area contributed by atoms with Crippen molar-refractivity contribution in [2.45, 2.75) is 0 Å². The summed E-state index contributed by atoms with van der Waals surface area (Å²) >= 11 is 1.50. The molecule has 7 heteroatoms. The van der Waals surface area contributed by atoms with Gasteiger partial charge in [-0.25, -0.2) is 0 Å². The Labute approximate surface area is 130 Å². The highest BCUT2D eigenvalue weighted by atomic mass is 32.1. The monoisotopic (exact) mass is 315 g/mol. The highest BCUT2D eigenvalue weighted by Crippen LogP contribution is 2.29. The minimum absolute atomic E-state index is 0.0124. The van der Waals surface area contributed by atoms with Crippen LogP contribution in [0.25, 0.3) is 11.3 Å². The molecular formula is C15H13N3O3S. The van der Waals surface area contributed by atoms with Crippen LogP contribution in [-0.2, 0) is 0 Å². The summed E-state index contributed by atoms with van der Waals surface area (Å²) in [7, 11) is 1.56. The molecule has 0 saturated heterocycles. The predicted molar refractivity (Wildman–Crippen MR) is 85.2 cm³/mol. The van der Waals surface area contributed by atoms with Crippen LogP contribution in [0.4, 0.5) is 11.6 Å². The van der Waals surface area contributed by atoms with Crippen LogP contribution in [0, 0.1) is 0 Å². The molecule has 2 aromatic heterocycles. The second kappa shape index (κ2) is 5.90. The number of carbonyl (C=O) groups excluding carboxylic acids is 1. The molecule has 0 radical (unpaired) electrons. The number of nitrogen functional groups attached to an aromatic ring is 1. The van der Waals surface area contributed by atoms with Gasteiger partial charge in [-0.1, -0.05) is 11.2 Å². The number of thiophene rings is 1. The Morgan fingerprint density at radius 3 is 3.00 bits per heavy atom. The number of hydrogen-bond acceptors (Lipinski definition) is 6. The average Bonchev–Trinajstić information content (AvgIpc) is 3.16. The molecule has 0 bridgehead atoms. The van der Waals surface area contributed by atoms with Crippen LogP contribution in [0.5, 0.6) is 5.75 Å². The fraction of sp³-hybridized carbons (Fsp3) is 0.0667. The Kier molecular flexibility index (Phi) is 3.80. The maximum atomic E-state index is 12.5. The van der Waals surface area contributed by atoms with Gasteiger partial charge in [0.25, 0.3) is 5.91 Å². The molecule has 6 nitrogen and oxygen atoms in total. The van der Waals surface area contributed by atoms with Gasteiger partial charge < -0.3 is 20.3 Å². The average molecular weight is 315 g/mol. The van der Waals surface area contributed by atoms with Crippen LogP contribution >= 0.6 is 11.3 Å². The lowest BCUT2D eigenvalue weighted by molar-refractivity contribution is 0.102. The van der Waals surface area contributed by atoms with Crippen molar-refractivity contribution in [1.29, 1.82) is 0 Å². The van der Waals surface area contributed by atoms with Gasteiger partial charge >= 0.3 is 0 Å². The number of carbonyl (C=O) groups is 1. The van der Waals surface area contributed by atoms with E-state index in [1.807, 2.05) is 16.8 Å². The summed E-state index contributed by atoms with van der Waals surface area (Å²) in [5, 5.41) is 10.4. The van der Waals surface area contributed by atoms with Crippen LogP contribution in [0.15, 0.2) is 45.6 Å². The highest BCUT2D eigenvalue weighted by Gasteiger charge is 2.22. The third-order valence-electron chi connectivity index (χ3n) is 3.07. The van der Waals surface area contributed by atoms with Crippen LogP contribution in [0.3, 0.4) is 0 Å². The Bertz CT molecular complexity index is 796. The van der Waals surface area contributed by atoms with Crippen molar-refractivity contribution in [3.63, 3.8) is 0 Å². The zero-order valence-electron chi connectivity index (χ0n) is 11.7. The zero-order chi connectivity index (χ0) is 15.5. The molecule has 0 aliphatic carbocycles. The van der Waals surface area contributed by atoms with Crippen LogP contribution in [0.1, 0.15) is 10.4 Å². The minimum Gasteiger partial charge on any atom is -0.497 e. The lowest BCUT2D eigenvalue weighted by Gasteiger charge is -2.06. The normalized spacial score (nSPS) is 10.4. The van der Waals surface area contributed by atoms with Gasteiger partial charge in [-0.05, 0) is 23.6 Å². The number of anilines is 2. The molecule has 22 heavy (non-hydrogen) atoms. The summed E-state index contributed by atoms with van der Waals surface area (Å²) in [5.41, 5.74) is 7.79. The summed E-state index contributed by atoms with van der Waals surface area (Å²) in [6.45, 7) is 0. The third kappa shape index (κ3) is 2.66. The van der Waals surface area contributed by atoms with E-state index in [9.17, 15) is 4.79 Å². The van der Waals surface area contributed by atoms with E-state index in [1.54, 1.807) is 31.4 Å². The summed E-state index contributed by atoms with van der Waals surface area (Å²) in [4.78, 5) is 12.5. The third-order valence-corrected chi connectivity index (χ3v) is 3.75. The van der Waals surface area contributed by atoms with E-state index in [1.165, 1.54) is 11.3 Å². The maximum absolute atomic E-state index is 12.5. The molecule has 1 amide bonds. The summed E-state index contributed by atoms with van der Waals surface area (Å²) in [6, 6.07) is 8.90. The van der Waals surface area contributed by atoms with Gasteiger partial charge in [0.2, 0.25) is 5.88 Å². The number of nitrogens with one attached hydrogen (secondary N) is 1. The number of rotatable bonds is 4. The molecule has 0 saturated carbocycles. The number of amides is 1. The second-order valence-electron chi connectivity index (χ2n) is 4.47. The molecule has 2 heterocycles. The first kappa shape index (κ1) is 14.2. The van der Waals surface area contributed by atoms with E-state index < -0.39 is 0 Å². The molecule has 3 N–H and O–H groups in total. The van der Waals surface area contributed by atoms with Gasteiger partial charge in [0.15, 0.2) is 0 Å². The molecular weight excluding hydrogens is 302 g/mol. The molecule has 0 fully saturated rings. The van der Waals surface area contributed by atoms with Gasteiger partial charge in [-0.3, -0.25) is 4.79 Å². The highest BCUT2D eigenvalue weighted by molar-refractivity contribution is 7.08. The molecule has 0 atom stereocenters. The Hall–Kier alpha value is -2.80. The van der Waals surface area contributed by atoms with Crippen LogP contribution in [-0.4, -0.2) is 18.2 Å². The number of benzene rings is 1. The van der Waals surface area contributed by atoms with Gasteiger partial charge in [0.05, 0.1) is 7.11 Å². The smallest absolute Gasteiger partial charge is 0.263 e. The summed E-state index contributed by atoms with van der Waals surface area (Å²) in [5.74, 6) is 0.254. The van der Waals surface area contributed by atoms with E-state index >= 15 is 0 Å². The van der Waals surface area contributed by atoms with E-state index in [0.29, 0.717) is 17.1 Å². The van der Waals surface area contributed by atoms with Gasteiger partial charge in [0, 0.05) is 22.7 Å². The Morgan fingerprint density at radius 1 is 1.41 bits per heavy atom. The SMILES string of the molecule is COc1cccc(NC(=O)c2c(-c3ccsc3)noc2N)c1. The van der Waals surface area contributed by atoms with Gasteiger partial charge in [-0.2, -0.15) is 11.3 Å². The quantitative estimate of drug-likeness (QED) is 0.771. The Morgan fingerprint density at radius 2 is 2.27 bits per heavy atom. The number of methoxy groups -OCH3 is 1. The van der Waals surface area contributed by atoms with E-state index in [-0.39, 0.29) is 17.4 Å². The van der Waals surface area contributed by atoms with Gasteiger partial charge in [-0.15, -0.1) is 0 Å². The number of nitrogens with zero attached hydrogens (tertiary/aromatic N) is 1. The van der Waals surface area contributed by atoms with Crippen molar-refractivity contribution < 1.29 is 14.1 Å². The summed E-state index contributed by atoms with van der Waals surface area (Å²) < 4.78 is 10.1. The van der Waals surface area contributed by atoms with Crippen molar-refractivity contribution in [2.24, 2.45) is 0 Å². The fourth-order valence-corrected chi connectivity index (χ4v) is 2.65. The van der Waals surface area contributed by atoms with Crippen molar-refractivity contribution >= 4 is 28.8 Å². The molecule has 0 spiro atoms. The number of hydrogen-bond donors (Lipinski definition) is 2. The topological polar surface area (TPSA) is 90.4 Å². The largest absolute Gasteiger partial charge is 0.497 e.